The van der Waals surface area contributed by atoms with E-state index in [1.807, 2.05) is 43.3 Å². The molecule has 0 bridgehead atoms. The van der Waals surface area contributed by atoms with Gasteiger partial charge in [-0.1, -0.05) is 12.1 Å². The van der Waals surface area contributed by atoms with Crippen LogP contribution in [0.3, 0.4) is 0 Å². The van der Waals surface area contributed by atoms with E-state index in [4.69, 9.17) is 5.11 Å². The molecule has 0 atom stereocenters. The summed E-state index contributed by atoms with van der Waals surface area (Å²) in [6, 6.07) is 8.18. The van der Waals surface area contributed by atoms with E-state index in [0.29, 0.717) is 0 Å². The van der Waals surface area contributed by atoms with Crippen molar-refractivity contribution in [1.29, 1.82) is 0 Å². The lowest BCUT2D eigenvalue weighted by molar-refractivity contribution is -0.137. The van der Waals surface area contributed by atoms with Crippen LogP contribution in [0, 0.1) is 0 Å². The summed E-state index contributed by atoms with van der Waals surface area (Å²) in [6.45, 7) is 1.51. The van der Waals surface area contributed by atoms with Crippen LogP contribution in [0.1, 0.15) is 11.3 Å². The Balaban J connectivity index is 2.02. The van der Waals surface area contributed by atoms with Crippen LogP contribution in [-0.2, 0) is 24.3 Å². The lowest BCUT2D eigenvalue weighted by atomic mass is 10.0. The van der Waals surface area contributed by atoms with E-state index in [0.717, 1.165) is 47.7 Å². The van der Waals surface area contributed by atoms with Crippen LogP contribution in [0.15, 0.2) is 24.3 Å². The summed E-state index contributed by atoms with van der Waals surface area (Å²) in [5.74, 6) is -0.863. The molecule has 2 heterocycles. The number of fused-ring (bicyclic) bond motifs is 1. The SMILES string of the molecule is CN(C)c1ccc(-c2nn(CC(=O)O)c3c2CNCC3)cc1. The van der Waals surface area contributed by atoms with Crippen molar-refractivity contribution < 1.29 is 9.90 Å². The third-order valence-corrected chi connectivity index (χ3v) is 3.95. The van der Waals surface area contributed by atoms with Gasteiger partial charge in [-0.25, -0.2) is 0 Å². The van der Waals surface area contributed by atoms with Gasteiger partial charge in [-0.05, 0) is 12.1 Å². The summed E-state index contributed by atoms with van der Waals surface area (Å²) >= 11 is 0. The Labute approximate surface area is 129 Å². The van der Waals surface area contributed by atoms with E-state index in [9.17, 15) is 4.79 Å². The number of aliphatic carboxylic acids is 1. The molecule has 3 rings (SSSR count). The second-order valence-electron chi connectivity index (χ2n) is 5.69. The summed E-state index contributed by atoms with van der Waals surface area (Å²) in [4.78, 5) is 13.1. The number of nitrogens with one attached hydrogen (secondary N) is 1. The predicted octanol–water partition coefficient (Wildman–Crippen LogP) is 1.35. The van der Waals surface area contributed by atoms with Crippen molar-refractivity contribution in [3.63, 3.8) is 0 Å². The van der Waals surface area contributed by atoms with Gasteiger partial charge in [0.1, 0.15) is 6.54 Å². The van der Waals surface area contributed by atoms with Gasteiger partial charge in [0.25, 0.3) is 0 Å². The molecule has 22 heavy (non-hydrogen) atoms. The molecule has 1 aliphatic rings. The highest BCUT2D eigenvalue weighted by atomic mass is 16.4. The second kappa shape index (κ2) is 5.81. The maximum Gasteiger partial charge on any atom is 0.325 e. The topological polar surface area (TPSA) is 70.4 Å². The van der Waals surface area contributed by atoms with Gasteiger partial charge < -0.3 is 15.3 Å². The van der Waals surface area contributed by atoms with Crippen molar-refractivity contribution in [2.45, 2.75) is 19.5 Å². The van der Waals surface area contributed by atoms with Crippen molar-refractivity contribution in [3.8, 4) is 11.3 Å². The van der Waals surface area contributed by atoms with Crippen LogP contribution in [-0.4, -0.2) is 41.5 Å². The van der Waals surface area contributed by atoms with E-state index in [1.165, 1.54) is 0 Å². The maximum atomic E-state index is 11.0. The van der Waals surface area contributed by atoms with Gasteiger partial charge in [0.05, 0.1) is 5.69 Å². The van der Waals surface area contributed by atoms with Gasteiger partial charge in [-0.2, -0.15) is 5.10 Å². The summed E-state index contributed by atoms with van der Waals surface area (Å²) in [5, 5.41) is 17.0. The van der Waals surface area contributed by atoms with Crippen LogP contribution in [0.2, 0.25) is 0 Å². The molecule has 6 heteroatoms. The van der Waals surface area contributed by atoms with Gasteiger partial charge >= 0.3 is 5.97 Å². The number of anilines is 1. The Bertz CT molecular complexity index is 689. The highest BCUT2D eigenvalue weighted by Crippen LogP contribution is 2.29. The first-order valence-electron chi connectivity index (χ1n) is 7.35. The van der Waals surface area contributed by atoms with Crippen molar-refractivity contribution in [1.82, 2.24) is 15.1 Å². The van der Waals surface area contributed by atoms with Gasteiger partial charge in [-0.15, -0.1) is 0 Å². The highest BCUT2D eigenvalue weighted by Gasteiger charge is 2.22. The number of aromatic nitrogens is 2. The molecule has 1 aliphatic heterocycles. The highest BCUT2D eigenvalue weighted by molar-refractivity contribution is 5.69. The maximum absolute atomic E-state index is 11.0. The molecular weight excluding hydrogens is 280 g/mol. The molecular formula is C16H20N4O2. The number of hydrogen-bond acceptors (Lipinski definition) is 4. The standard InChI is InChI=1S/C16H20N4O2/c1-19(2)12-5-3-11(4-6-12)16-13-9-17-8-7-14(13)20(18-16)10-15(21)22/h3-6,17H,7-10H2,1-2H3,(H,21,22). The molecule has 0 aliphatic carbocycles. The lowest BCUT2D eigenvalue weighted by Crippen LogP contribution is -2.25. The average molecular weight is 300 g/mol. The molecule has 0 radical (unpaired) electrons. The number of carboxylic acids is 1. The van der Waals surface area contributed by atoms with E-state index >= 15 is 0 Å². The first-order valence-corrected chi connectivity index (χ1v) is 7.35. The molecule has 1 aromatic carbocycles. The predicted molar refractivity (Wildman–Crippen MR) is 85.0 cm³/mol. The van der Waals surface area contributed by atoms with Crippen molar-refractivity contribution in [2.24, 2.45) is 0 Å². The third kappa shape index (κ3) is 2.69. The second-order valence-corrected chi connectivity index (χ2v) is 5.69. The quantitative estimate of drug-likeness (QED) is 0.892. The Kier molecular flexibility index (Phi) is 3.85. The number of nitrogens with zero attached hydrogens (tertiary/aromatic N) is 3. The van der Waals surface area contributed by atoms with E-state index < -0.39 is 5.97 Å². The fourth-order valence-corrected chi connectivity index (χ4v) is 2.83. The van der Waals surface area contributed by atoms with Crippen molar-refractivity contribution in [3.05, 3.63) is 35.5 Å². The van der Waals surface area contributed by atoms with Gasteiger partial charge in [0.2, 0.25) is 0 Å². The van der Waals surface area contributed by atoms with Gasteiger partial charge in [0.15, 0.2) is 0 Å². The van der Waals surface area contributed by atoms with Gasteiger partial charge in [0, 0.05) is 56.1 Å². The molecule has 116 valence electrons. The van der Waals surface area contributed by atoms with E-state index in [-0.39, 0.29) is 6.54 Å². The van der Waals surface area contributed by atoms with Crippen LogP contribution in [0.4, 0.5) is 5.69 Å². The number of benzene rings is 1. The van der Waals surface area contributed by atoms with Crippen LogP contribution < -0.4 is 10.2 Å². The first-order chi connectivity index (χ1) is 10.6. The zero-order chi connectivity index (χ0) is 15.7. The van der Waals surface area contributed by atoms with Crippen LogP contribution >= 0.6 is 0 Å². The van der Waals surface area contributed by atoms with Crippen LogP contribution in [0.25, 0.3) is 11.3 Å². The zero-order valence-corrected chi connectivity index (χ0v) is 12.8. The Hall–Kier alpha value is -2.34. The molecule has 0 saturated carbocycles. The van der Waals surface area contributed by atoms with Crippen molar-refractivity contribution in [2.75, 3.05) is 25.5 Å². The minimum atomic E-state index is -0.863. The summed E-state index contributed by atoms with van der Waals surface area (Å²) < 4.78 is 1.63. The molecule has 0 amide bonds. The zero-order valence-electron chi connectivity index (χ0n) is 12.8. The Morgan fingerprint density at radius 3 is 2.73 bits per heavy atom. The summed E-state index contributed by atoms with van der Waals surface area (Å²) in [5.41, 5.74) is 5.18. The molecule has 2 N–H and O–H groups in total. The molecule has 1 aromatic heterocycles. The first kappa shape index (κ1) is 14.6. The molecule has 0 saturated heterocycles. The number of rotatable bonds is 4. The Morgan fingerprint density at radius 2 is 2.09 bits per heavy atom. The van der Waals surface area contributed by atoms with E-state index in [2.05, 4.69) is 10.4 Å². The average Bonchev–Trinajstić information content (AvgIpc) is 2.86. The molecule has 0 spiro atoms. The minimum Gasteiger partial charge on any atom is -0.480 e. The Morgan fingerprint density at radius 1 is 1.36 bits per heavy atom. The van der Waals surface area contributed by atoms with E-state index in [1.54, 1.807) is 4.68 Å². The molecule has 0 unspecified atom stereocenters. The molecule has 6 nitrogen and oxygen atoms in total. The number of carboxylic acid groups (broad SMARTS) is 1. The number of carbonyl (C=O) groups is 1. The normalized spacial score (nSPS) is 13.7. The third-order valence-electron chi connectivity index (χ3n) is 3.95. The van der Waals surface area contributed by atoms with Crippen LogP contribution in [0.5, 0.6) is 0 Å². The fraction of sp³-hybridized carbons (Fsp3) is 0.375. The minimum absolute atomic E-state index is 0.0852. The van der Waals surface area contributed by atoms with Crippen molar-refractivity contribution >= 4 is 11.7 Å². The largest absolute Gasteiger partial charge is 0.480 e. The van der Waals surface area contributed by atoms with Gasteiger partial charge in [-0.3, -0.25) is 9.48 Å². The summed E-state index contributed by atoms with van der Waals surface area (Å²) in [6.07, 6.45) is 0.811. The number of hydrogen-bond donors (Lipinski definition) is 2. The molecule has 0 fully saturated rings. The monoisotopic (exact) mass is 300 g/mol. The fourth-order valence-electron chi connectivity index (χ4n) is 2.83. The smallest absolute Gasteiger partial charge is 0.325 e. The summed E-state index contributed by atoms with van der Waals surface area (Å²) in [7, 11) is 4.00. The lowest BCUT2D eigenvalue weighted by Gasteiger charge is -2.15. The molecule has 2 aromatic rings.